The van der Waals surface area contributed by atoms with Crippen molar-refractivity contribution in [1.82, 2.24) is 10.2 Å². The number of aliphatic imine (C=N–C) groups is 1. The summed E-state index contributed by atoms with van der Waals surface area (Å²) < 4.78 is 0. The lowest BCUT2D eigenvalue weighted by atomic mass is 9.49. The van der Waals surface area contributed by atoms with E-state index in [1.54, 1.807) is 0 Å². The van der Waals surface area contributed by atoms with Crippen LogP contribution in [0.5, 0.6) is 0 Å². The summed E-state index contributed by atoms with van der Waals surface area (Å²) in [5.74, 6) is 3.82. The number of nitrogens with zero attached hydrogens (tertiary/aromatic N) is 2. The van der Waals surface area contributed by atoms with E-state index in [0.717, 1.165) is 37.3 Å². The van der Waals surface area contributed by atoms with E-state index in [0.29, 0.717) is 11.4 Å². The highest BCUT2D eigenvalue weighted by Gasteiger charge is 2.50. The maximum Gasteiger partial charge on any atom is 0.188 e. The first-order chi connectivity index (χ1) is 12.2. The fraction of sp³-hybridized carbons (Fsp3) is 0.952. The maximum atomic E-state index is 6.08. The second-order valence-electron chi connectivity index (χ2n) is 9.62. The maximum absolute atomic E-state index is 6.08. The zero-order valence-electron chi connectivity index (χ0n) is 16.0. The van der Waals surface area contributed by atoms with Gasteiger partial charge in [0.2, 0.25) is 0 Å². The topological polar surface area (TPSA) is 53.6 Å². The van der Waals surface area contributed by atoms with Gasteiger partial charge in [0.25, 0.3) is 0 Å². The first-order valence-electron chi connectivity index (χ1n) is 11.0. The van der Waals surface area contributed by atoms with Crippen molar-refractivity contribution in [2.75, 3.05) is 32.7 Å². The molecule has 0 aromatic heterocycles. The molecule has 1 heterocycles. The van der Waals surface area contributed by atoms with E-state index in [2.05, 4.69) is 15.2 Å². The molecule has 4 aliphatic carbocycles. The van der Waals surface area contributed by atoms with E-state index in [1.165, 1.54) is 83.8 Å². The standard InChI is InChI=1S/C21H38N4/c22-20(23-6-1-2-8-25-9-3-4-10-25)24-7-5-21-14-17-11-18(15-21)13-19(12-17)16-21/h17-19H,1-16H2,(H3,22,23,24). The normalized spacial score (nSPS) is 37.8. The van der Waals surface area contributed by atoms with Gasteiger partial charge >= 0.3 is 0 Å². The average molecular weight is 347 g/mol. The number of nitrogens with two attached hydrogens (primary N) is 1. The van der Waals surface area contributed by atoms with Crippen molar-refractivity contribution in [2.45, 2.75) is 70.6 Å². The van der Waals surface area contributed by atoms with Crippen LogP contribution in [-0.4, -0.2) is 43.6 Å². The van der Waals surface area contributed by atoms with Gasteiger partial charge in [-0.15, -0.1) is 0 Å². The van der Waals surface area contributed by atoms with Gasteiger partial charge in [0.1, 0.15) is 0 Å². The Balaban J connectivity index is 1.11. The lowest BCUT2D eigenvalue weighted by Gasteiger charge is -2.57. The van der Waals surface area contributed by atoms with Crippen molar-refractivity contribution >= 4 is 5.96 Å². The van der Waals surface area contributed by atoms with Crippen molar-refractivity contribution in [3.8, 4) is 0 Å². The molecule has 5 rings (SSSR count). The van der Waals surface area contributed by atoms with Crippen LogP contribution in [0.3, 0.4) is 0 Å². The molecule has 4 bridgehead atoms. The van der Waals surface area contributed by atoms with E-state index in [1.807, 2.05) is 0 Å². The van der Waals surface area contributed by atoms with E-state index < -0.39 is 0 Å². The highest BCUT2D eigenvalue weighted by atomic mass is 15.1. The van der Waals surface area contributed by atoms with Crippen LogP contribution in [0.1, 0.15) is 70.6 Å². The first kappa shape index (κ1) is 17.6. The minimum Gasteiger partial charge on any atom is -0.370 e. The lowest BCUT2D eigenvalue weighted by Crippen LogP contribution is -2.47. The highest BCUT2D eigenvalue weighted by molar-refractivity contribution is 5.77. The summed E-state index contributed by atoms with van der Waals surface area (Å²) >= 11 is 0. The Kier molecular flexibility index (Phi) is 5.54. The first-order valence-corrected chi connectivity index (χ1v) is 11.0. The monoisotopic (exact) mass is 346 g/mol. The van der Waals surface area contributed by atoms with Crippen molar-refractivity contribution in [2.24, 2.45) is 33.9 Å². The second-order valence-corrected chi connectivity index (χ2v) is 9.62. The summed E-state index contributed by atoms with van der Waals surface area (Å²) in [7, 11) is 0. The predicted octanol–water partition coefficient (Wildman–Crippen LogP) is 3.37. The van der Waals surface area contributed by atoms with Gasteiger partial charge in [0.05, 0.1) is 0 Å². The number of hydrogen-bond donors (Lipinski definition) is 2. The third-order valence-corrected chi connectivity index (χ3v) is 7.49. The molecule has 0 radical (unpaired) electrons. The van der Waals surface area contributed by atoms with Crippen molar-refractivity contribution in [1.29, 1.82) is 0 Å². The molecule has 0 spiro atoms. The quantitative estimate of drug-likeness (QED) is 0.402. The molecule has 0 amide bonds. The summed E-state index contributed by atoms with van der Waals surface area (Å²) in [5.41, 5.74) is 6.73. The van der Waals surface area contributed by atoms with Gasteiger partial charge in [0.15, 0.2) is 5.96 Å². The molecule has 1 saturated heterocycles. The molecule has 4 nitrogen and oxygen atoms in total. The van der Waals surface area contributed by atoms with E-state index >= 15 is 0 Å². The second kappa shape index (κ2) is 7.85. The number of unbranched alkanes of at least 4 members (excludes halogenated alkanes) is 1. The Labute approximate surface area is 154 Å². The number of hydrogen-bond acceptors (Lipinski definition) is 2. The summed E-state index contributed by atoms with van der Waals surface area (Å²) in [4.78, 5) is 7.12. The largest absolute Gasteiger partial charge is 0.370 e. The number of likely N-dealkylation sites (tertiary alicyclic amines) is 1. The Morgan fingerprint density at radius 2 is 1.64 bits per heavy atom. The highest BCUT2D eigenvalue weighted by Crippen LogP contribution is 2.61. The molecule has 1 aliphatic heterocycles. The smallest absolute Gasteiger partial charge is 0.188 e. The fourth-order valence-electron chi connectivity index (χ4n) is 6.76. The molecule has 3 N–H and O–H groups in total. The Hall–Kier alpha value is -0.770. The minimum atomic E-state index is 0.651. The molecule has 25 heavy (non-hydrogen) atoms. The summed E-state index contributed by atoms with van der Waals surface area (Å²) in [6.07, 6.45) is 15.6. The SMILES string of the molecule is NC(=NCCCCN1CCCC1)NCCC12CC3CC(CC(C3)C1)C2. The van der Waals surface area contributed by atoms with Crippen LogP contribution in [0, 0.1) is 23.2 Å². The van der Waals surface area contributed by atoms with Crippen LogP contribution in [0.15, 0.2) is 4.99 Å². The van der Waals surface area contributed by atoms with Gasteiger partial charge in [0, 0.05) is 13.1 Å². The van der Waals surface area contributed by atoms with E-state index in [9.17, 15) is 0 Å². The average Bonchev–Trinajstić information content (AvgIpc) is 3.06. The molecule has 4 saturated carbocycles. The summed E-state index contributed by atoms with van der Waals surface area (Å²) in [6, 6.07) is 0. The molecule has 0 aromatic rings. The number of rotatable bonds is 8. The third kappa shape index (κ3) is 4.50. The van der Waals surface area contributed by atoms with Gasteiger partial charge in [-0.25, -0.2) is 0 Å². The number of guanidine groups is 1. The third-order valence-electron chi connectivity index (χ3n) is 7.49. The Morgan fingerprint density at radius 1 is 1.00 bits per heavy atom. The Bertz CT molecular complexity index is 431. The zero-order chi connectivity index (χ0) is 17.1. The summed E-state index contributed by atoms with van der Waals surface area (Å²) in [6.45, 7) is 5.75. The minimum absolute atomic E-state index is 0.651. The molecule has 142 valence electrons. The number of nitrogens with one attached hydrogen (secondary N) is 1. The van der Waals surface area contributed by atoms with Gasteiger partial charge in [-0.1, -0.05) is 0 Å². The van der Waals surface area contributed by atoms with Gasteiger partial charge < -0.3 is 16.0 Å². The van der Waals surface area contributed by atoms with Crippen LogP contribution in [0.25, 0.3) is 0 Å². The van der Waals surface area contributed by atoms with Crippen LogP contribution >= 0.6 is 0 Å². The van der Waals surface area contributed by atoms with Crippen LogP contribution in [-0.2, 0) is 0 Å². The summed E-state index contributed by atoms with van der Waals surface area (Å²) in [5, 5.41) is 3.41. The Morgan fingerprint density at radius 3 is 2.28 bits per heavy atom. The van der Waals surface area contributed by atoms with E-state index in [-0.39, 0.29) is 0 Å². The van der Waals surface area contributed by atoms with Crippen LogP contribution in [0.4, 0.5) is 0 Å². The zero-order valence-corrected chi connectivity index (χ0v) is 16.0. The van der Waals surface area contributed by atoms with Crippen molar-refractivity contribution < 1.29 is 0 Å². The predicted molar refractivity (Wildman–Crippen MR) is 105 cm³/mol. The molecule has 0 unspecified atom stereocenters. The van der Waals surface area contributed by atoms with Crippen LogP contribution < -0.4 is 11.1 Å². The van der Waals surface area contributed by atoms with Crippen molar-refractivity contribution in [3.63, 3.8) is 0 Å². The van der Waals surface area contributed by atoms with Crippen molar-refractivity contribution in [3.05, 3.63) is 0 Å². The van der Waals surface area contributed by atoms with E-state index in [4.69, 9.17) is 5.73 Å². The molecule has 4 heteroatoms. The molecular weight excluding hydrogens is 308 g/mol. The molecule has 0 aromatic carbocycles. The van der Waals surface area contributed by atoms with Crippen LogP contribution in [0.2, 0.25) is 0 Å². The molecule has 5 fully saturated rings. The van der Waals surface area contributed by atoms with Gasteiger partial charge in [-0.05, 0) is 113 Å². The lowest BCUT2D eigenvalue weighted by molar-refractivity contribution is -0.0562. The van der Waals surface area contributed by atoms with Gasteiger partial charge in [-0.2, -0.15) is 0 Å². The molecular formula is C21H38N4. The van der Waals surface area contributed by atoms with Gasteiger partial charge in [-0.3, -0.25) is 4.99 Å². The molecule has 0 atom stereocenters. The fourth-order valence-corrected chi connectivity index (χ4v) is 6.76. The molecule has 5 aliphatic rings.